The van der Waals surface area contributed by atoms with Crippen LogP contribution < -0.4 is 20.3 Å². The van der Waals surface area contributed by atoms with E-state index in [0.717, 1.165) is 88.5 Å². The summed E-state index contributed by atoms with van der Waals surface area (Å²) in [7, 11) is 0. The van der Waals surface area contributed by atoms with Crippen molar-refractivity contribution in [2.75, 3.05) is 44.2 Å². The van der Waals surface area contributed by atoms with E-state index < -0.39 is 35.5 Å². The molecule has 0 bridgehead atoms. The molecule has 2 N–H and O–H groups in total. The normalized spacial score (nSPS) is 23.4. The third-order valence-electron chi connectivity index (χ3n) is 11.9. The number of nitrogens with one attached hydrogen (secondary N) is 2. The lowest BCUT2D eigenvalue weighted by molar-refractivity contribution is -0.136. The molecule has 1 aromatic heterocycles. The lowest BCUT2D eigenvalue weighted by Gasteiger charge is -2.43. The third kappa shape index (κ3) is 8.25. The van der Waals surface area contributed by atoms with E-state index in [1.807, 2.05) is 12.1 Å². The molecule has 302 valence electrons. The Kier molecular flexibility index (Phi) is 11.4. The fourth-order valence-electron chi connectivity index (χ4n) is 8.75. The summed E-state index contributed by atoms with van der Waals surface area (Å²) in [5.74, 6) is -2.44. The number of hydrogen-bond donors (Lipinski definition) is 2. The Labute approximate surface area is 339 Å². The fourth-order valence-corrected chi connectivity index (χ4v) is 8.96. The number of piperidine rings is 2. The average Bonchev–Trinajstić information content (AvgIpc) is 3.47. The Morgan fingerprint density at radius 3 is 2.34 bits per heavy atom. The van der Waals surface area contributed by atoms with Crippen LogP contribution in [0.5, 0.6) is 5.75 Å². The smallest absolute Gasteiger partial charge is 0.272 e. The van der Waals surface area contributed by atoms with Crippen molar-refractivity contribution >= 4 is 47.0 Å². The van der Waals surface area contributed by atoms with Crippen LogP contribution in [0.4, 0.5) is 10.2 Å². The zero-order valence-electron chi connectivity index (χ0n) is 31.8. The highest BCUT2D eigenvalue weighted by molar-refractivity contribution is 6.31. The number of nitrogens with zero attached hydrogens (tertiary/aromatic N) is 7. The first kappa shape index (κ1) is 39.3. The van der Waals surface area contributed by atoms with E-state index in [4.69, 9.17) is 21.6 Å². The Hall–Kier alpha value is -5.50. The van der Waals surface area contributed by atoms with Gasteiger partial charge in [0, 0.05) is 70.4 Å². The van der Waals surface area contributed by atoms with Crippen LogP contribution in [-0.4, -0.2) is 118 Å². The number of nitriles is 1. The first-order chi connectivity index (χ1) is 28.0. The number of piperazine rings is 1. The minimum atomic E-state index is -1.14. The second kappa shape index (κ2) is 16.8. The van der Waals surface area contributed by atoms with E-state index >= 15 is 4.39 Å². The Morgan fingerprint density at radius 2 is 1.67 bits per heavy atom. The number of anilines is 1. The van der Waals surface area contributed by atoms with Gasteiger partial charge >= 0.3 is 0 Å². The largest absolute Gasteiger partial charge is 0.490 e. The summed E-state index contributed by atoms with van der Waals surface area (Å²) in [5, 5.41) is 23.4. The SMILES string of the molecule is N#Cc1ccc(O[C@H]2CC[C@H](NC(=O)c3ccc(N4CCC(N5CCN(Cc6cc(F)c7c(c6)C(=O)N(C6CCC(=O)NC6=O)C7=O)CC5)CC4)nn3)CC2)cc1Cl. The summed E-state index contributed by atoms with van der Waals surface area (Å²) in [6, 6.07) is 12.8. The molecule has 5 heterocycles. The standard InChI is InChI=1S/C41H43ClFN9O6/c42-31-21-29(4-1-25(31)22-44)58-28-5-2-26(3-6-28)45-38(54)33-7-9-35(48-47-33)51-13-11-27(12-14-51)50-17-15-49(16-18-50)23-24-19-30-37(32(43)20-24)41(57)52(40(30)56)34-8-10-36(53)46-39(34)55/h1,4,7,9,19-21,26-28,34H,2-3,5-6,8,10-18,23H2,(H,45,54)(H,46,53,55)/t26-,28-,34?. The maximum Gasteiger partial charge on any atom is 0.272 e. The van der Waals surface area contributed by atoms with Crippen molar-refractivity contribution < 1.29 is 33.1 Å². The quantitative estimate of drug-likeness (QED) is 0.301. The second-order valence-corrected chi connectivity index (χ2v) is 16.0. The monoisotopic (exact) mass is 811 g/mol. The van der Waals surface area contributed by atoms with Crippen molar-refractivity contribution in [2.24, 2.45) is 0 Å². The molecule has 5 aliphatic rings. The molecule has 0 radical (unpaired) electrons. The Morgan fingerprint density at radius 1 is 0.914 bits per heavy atom. The van der Waals surface area contributed by atoms with Crippen LogP contribution in [0.2, 0.25) is 5.02 Å². The van der Waals surface area contributed by atoms with Gasteiger partial charge in [0.05, 0.1) is 27.8 Å². The lowest BCUT2D eigenvalue weighted by Crippen LogP contribution is -2.54. The topological polar surface area (TPSA) is 181 Å². The lowest BCUT2D eigenvalue weighted by atomic mass is 9.93. The molecule has 1 unspecified atom stereocenters. The number of amides is 5. The Balaban J connectivity index is 0.765. The average molecular weight is 812 g/mol. The first-order valence-electron chi connectivity index (χ1n) is 19.8. The summed E-state index contributed by atoms with van der Waals surface area (Å²) >= 11 is 6.14. The number of hydrogen-bond acceptors (Lipinski definition) is 12. The van der Waals surface area contributed by atoms with E-state index in [-0.39, 0.29) is 47.7 Å². The molecular weight excluding hydrogens is 769 g/mol. The molecule has 2 aromatic carbocycles. The van der Waals surface area contributed by atoms with E-state index in [2.05, 4.69) is 35.5 Å². The van der Waals surface area contributed by atoms with Gasteiger partial charge in [-0.25, -0.2) is 4.39 Å². The van der Waals surface area contributed by atoms with Gasteiger partial charge in [0.25, 0.3) is 17.7 Å². The summed E-state index contributed by atoms with van der Waals surface area (Å²) in [6.45, 7) is 5.21. The predicted molar refractivity (Wildman–Crippen MR) is 207 cm³/mol. The van der Waals surface area contributed by atoms with E-state index in [1.165, 1.54) is 6.07 Å². The van der Waals surface area contributed by atoms with Crippen LogP contribution in [0.25, 0.3) is 0 Å². The molecule has 8 rings (SSSR count). The van der Waals surface area contributed by atoms with Crippen LogP contribution in [0.1, 0.15) is 93.7 Å². The van der Waals surface area contributed by atoms with Crippen molar-refractivity contribution in [2.45, 2.75) is 82.1 Å². The molecule has 1 saturated carbocycles. The van der Waals surface area contributed by atoms with Crippen molar-refractivity contribution in [3.8, 4) is 11.8 Å². The molecule has 3 aromatic rings. The number of benzene rings is 2. The minimum absolute atomic E-state index is 0.00523. The molecular formula is C41H43ClFN9O6. The number of rotatable bonds is 9. The summed E-state index contributed by atoms with van der Waals surface area (Å²) in [4.78, 5) is 71.0. The van der Waals surface area contributed by atoms with Gasteiger partial charge in [-0.15, -0.1) is 10.2 Å². The molecule has 4 aliphatic heterocycles. The number of aromatic nitrogens is 2. The van der Waals surface area contributed by atoms with Crippen molar-refractivity contribution in [1.29, 1.82) is 5.26 Å². The summed E-state index contributed by atoms with van der Waals surface area (Å²) in [5.41, 5.74) is 0.886. The molecule has 1 atom stereocenters. The molecule has 3 saturated heterocycles. The van der Waals surface area contributed by atoms with Crippen LogP contribution in [-0.2, 0) is 16.1 Å². The van der Waals surface area contributed by atoms with Gasteiger partial charge in [0.2, 0.25) is 11.8 Å². The highest BCUT2D eigenvalue weighted by Crippen LogP contribution is 2.32. The van der Waals surface area contributed by atoms with E-state index in [9.17, 15) is 24.0 Å². The van der Waals surface area contributed by atoms with Crippen molar-refractivity contribution in [3.05, 3.63) is 81.3 Å². The van der Waals surface area contributed by atoms with Gasteiger partial charge in [-0.1, -0.05) is 11.6 Å². The number of fused-ring (bicyclic) bond motifs is 1. The molecule has 4 fully saturated rings. The van der Waals surface area contributed by atoms with Crippen LogP contribution in [0.3, 0.4) is 0 Å². The van der Waals surface area contributed by atoms with Gasteiger partial charge < -0.3 is 15.0 Å². The number of carbonyl (C=O) groups excluding carboxylic acids is 5. The second-order valence-electron chi connectivity index (χ2n) is 15.6. The molecule has 15 nitrogen and oxygen atoms in total. The molecule has 58 heavy (non-hydrogen) atoms. The number of imide groups is 2. The molecule has 1 aliphatic carbocycles. The zero-order chi connectivity index (χ0) is 40.5. The third-order valence-corrected chi connectivity index (χ3v) is 12.2. The molecule has 5 amide bonds. The van der Waals surface area contributed by atoms with Crippen LogP contribution in [0.15, 0.2) is 42.5 Å². The first-order valence-corrected chi connectivity index (χ1v) is 20.2. The van der Waals surface area contributed by atoms with Gasteiger partial charge in [-0.2, -0.15) is 5.26 Å². The van der Waals surface area contributed by atoms with Gasteiger partial charge in [0.15, 0.2) is 11.5 Å². The molecule has 0 spiro atoms. The maximum atomic E-state index is 15.3. The fraction of sp³-hybridized carbons (Fsp3) is 0.463. The summed E-state index contributed by atoms with van der Waals surface area (Å²) < 4.78 is 21.4. The number of ether oxygens (including phenoxy) is 1. The van der Waals surface area contributed by atoms with Gasteiger partial charge in [0.1, 0.15) is 23.7 Å². The minimum Gasteiger partial charge on any atom is -0.490 e. The highest BCUT2D eigenvalue weighted by Gasteiger charge is 2.46. The maximum absolute atomic E-state index is 15.3. The molecule has 17 heteroatoms. The Bertz CT molecular complexity index is 2160. The zero-order valence-corrected chi connectivity index (χ0v) is 32.5. The van der Waals surface area contributed by atoms with Crippen molar-refractivity contribution in [1.82, 2.24) is 35.5 Å². The van der Waals surface area contributed by atoms with Gasteiger partial charge in [-0.05, 0) is 86.9 Å². The number of carbonyl (C=O) groups is 5. The van der Waals surface area contributed by atoms with E-state index in [0.29, 0.717) is 34.5 Å². The van der Waals surface area contributed by atoms with Crippen LogP contribution in [0, 0.1) is 17.1 Å². The van der Waals surface area contributed by atoms with Crippen molar-refractivity contribution in [3.63, 3.8) is 0 Å². The van der Waals surface area contributed by atoms with Crippen LogP contribution >= 0.6 is 11.6 Å². The predicted octanol–water partition coefficient (Wildman–Crippen LogP) is 3.45. The number of halogens is 2. The highest BCUT2D eigenvalue weighted by atomic mass is 35.5. The van der Waals surface area contributed by atoms with Gasteiger partial charge in [-0.3, -0.25) is 44.0 Å². The summed E-state index contributed by atoms with van der Waals surface area (Å²) in [6.07, 6.45) is 5.00. The van der Waals surface area contributed by atoms with E-state index in [1.54, 1.807) is 30.3 Å².